The van der Waals surface area contributed by atoms with Gasteiger partial charge in [-0.3, -0.25) is 4.79 Å². The molecule has 0 saturated heterocycles. The molecule has 0 saturated carbocycles. The van der Waals surface area contributed by atoms with Crippen LogP contribution in [0.15, 0.2) is 48.5 Å². The van der Waals surface area contributed by atoms with Gasteiger partial charge in [0, 0.05) is 18.3 Å². The molecule has 0 aliphatic heterocycles. The van der Waals surface area contributed by atoms with Crippen molar-refractivity contribution in [3.63, 3.8) is 0 Å². The SMILES string of the molecule is CCOc1ccc(N(CCC#N)C(=O)/C=C/c2ccc(OC(F)F)c(OCC)c2)cc1. The maximum absolute atomic E-state index is 12.8. The number of hydrogen-bond acceptors (Lipinski definition) is 5. The van der Waals surface area contributed by atoms with Crippen LogP contribution in [0.25, 0.3) is 6.08 Å². The summed E-state index contributed by atoms with van der Waals surface area (Å²) in [4.78, 5) is 14.3. The number of alkyl halides is 2. The first-order valence-electron chi connectivity index (χ1n) is 9.79. The number of nitriles is 1. The fourth-order valence-corrected chi connectivity index (χ4v) is 2.76. The number of hydrogen-bond donors (Lipinski definition) is 0. The first-order chi connectivity index (χ1) is 15.0. The maximum atomic E-state index is 12.8. The number of nitrogens with zero attached hydrogens (tertiary/aromatic N) is 2. The van der Waals surface area contributed by atoms with Gasteiger partial charge in [-0.25, -0.2) is 0 Å². The van der Waals surface area contributed by atoms with Crippen molar-refractivity contribution >= 4 is 17.7 Å². The van der Waals surface area contributed by atoms with E-state index in [2.05, 4.69) is 4.74 Å². The molecule has 0 radical (unpaired) electrons. The Morgan fingerprint density at radius 3 is 2.42 bits per heavy atom. The molecular formula is C23H24F2N2O4. The van der Waals surface area contributed by atoms with E-state index in [0.717, 1.165) is 0 Å². The lowest BCUT2D eigenvalue weighted by Gasteiger charge is -2.20. The second-order valence-electron chi connectivity index (χ2n) is 6.18. The molecule has 2 rings (SSSR count). The summed E-state index contributed by atoms with van der Waals surface area (Å²) in [5, 5.41) is 8.93. The molecule has 0 bridgehead atoms. The molecule has 0 aliphatic rings. The van der Waals surface area contributed by atoms with Crippen LogP contribution in [0.4, 0.5) is 14.5 Å². The Morgan fingerprint density at radius 1 is 1.10 bits per heavy atom. The molecule has 0 unspecified atom stereocenters. The fourth-order valence-electron chi connectivity index (χ4n) is 2.76. The zero-order chi connectivity index (χ0) is 22.6. The Kier molecular flexibility index (Phi) is 9.30. The molecular weight excluding hydrogens is 406 g/mol. The van der Waals surface area contributed by atoms with Gasteiger partial charge in [-0.1, -0.05) is 6.07 Å². The van der Waals surface area contributed by atoms with Crippen LogP contribution < -0.4 is 19.1 Å². The standard InChI is InChI=1S/C23H24F2N2O4/c1-3-29-19-10-8-18(9-11-19)27(15-5-14-26)22(28)13-7-17-6-12-20(31-23(24)25)21(16-17)30-4-2/h6-13,16,23H,3-5,15H2,1-2H3/b13-7+. The molecule has 0 fully saturated rings. The first-order valence-corrected chi connectivity index (χ1v) is 9.79. The third kappa shape index (κ3) is 7.30. The summed E-state index contributed by atoms with van der Waals surface area (Å²) in [6.45, 7) is 1.66. The first kappa shape index (κ1) is 23.7. The summed E-state index contributed by atoms with van der Waals surface area (Å²) in [6, 6.07) is 13.5. The van der Waals surface area contributed by atoms with Crippen molar-refractivity contribution in [2.45, 2.75) is 26.9 Å². The molecule has 2 aromatic rings. The summed E-state index contributed by atoms with van der Waals surface area (Å²) in [6.07, 6.45) is 3.07. The van der Waals surface area contributed by atoms with Crippen molar-refractivity contribution in [3.05, 3.63) is 54.1 Å². The lowest BCUT2D eigenvalue weighted by molar-refractivity contribution is -0.114. The highest BCUT2D eigenvalue weighted by Crippen LogP contribution is 2.30. The Morgan fingerprint density at radius 2 is 1.81 bits per heavy atom. The predicted molar refractivity (Wildman–Crippen MR) is 113 cm³/mol. The lowest BCUT2D eigenvalue weighted by atomic mass is 10.1. The van der Waals surface area contributed by atoms with Crippen molar-refractivity contribution < 1.29 is 27.8 Å². The van der Waals surface area contributed by atoms with Gasteiger partial charge in [-0.15, -0.1) is 0 Å². The number of halogens is 2. The highest BCUT2D eigenvalue weighted by molar-refractivity contribution is 6.03. The van der Waals surface area contributed by atoms with E-state index in [0.29, 0.717) is 23.6 Å². The monoisotopic (exact) mass is 430 g/mol. The van der Waals surface area contributed by atoms with E-state index in [4.69, 9.17) is 14.7 Å². The number of anilines is 1. The van der Waals surface area contributed by atoms with Crippen LogP contribution in [-0.2, 0) is 4.79 Å². The van der Waals surface area contributed by atoms with E-state index < -0.39 is 6.61 Å². The van der Waals surface area contributed by atoms with Crippen molar-refractivity contribution in [1.82, 2.24) is 0 Å². The van der Waals surface area contributed by atoms with Crippen LogP contribution in [0, 0.1) is 11.3 Å². The van der Waals surface area contributed by atoms with E-state index >= 15 is 0 Å². The summed E-state index contributed by atoms with van der Waals surface area (Å²) < 4.78 is 40.3. The Balaban J connectivity index is 2.21. The number of benzene rings is 2. The summed E-state index contributed by atoms with van der Waals surface area (Å²) in [5.41, 5.74) is 1.20. The molecule has 8 heteroatoms. The zero-order valence-electron chi connectivity index (χ0n) is 17.4. The van der Waals surface area contributed by atoms with Crippen molar-refractivity contribution in [2.24, 2.45) is 0 Å². The molecule has 164 valence electrons. The minimum absolute atomic E-state index is 0.0784. The molecule has 0 aromatic heterocycles. The maximum Gasteiger partial charge on any atom is 0.387 e. The lowest BCUT2D eigenvalue weighted by Crippen LogP contribution is -2.30. The quantitative estimate of drug-likeness (QED) is 0.467. The van der Waals surface area contributed by atoms with Crippen LogP contribution in [0.3, 0.4) is 0 Å². The molecule has 1 amide bonds. The van der Waals surface area contributed by atoms with Gasteiger partial charge in [0.25, 0.3) is 5.91 Å². The van der Waals surface area contributed by atoms with Gasteiger partial charge in [0.05, 0.1) is 25.7 Å². The summed E-state index contributed by atoms with van der Waals surface area (Å²) in [7, 11) is 0. The van der Waals surface area contributed by atoms with E-state index in [9.17, 15) is 13.6 Å². The average Bonchev–Trinajstić information content (AvgIpc) is 2.75. The molecule has 0 spiro atoms. The van der Waals surface area contributed by atoms with Gasteiger partial charge in [0.15, 0.2) is 11.5 Å². The molecule has 0 atom stereocenters. The van der Waals surface area contributed by atoms with Gasteiger partial charge in [0.2, 0.25) is 0 Å². The third-order valence-corrected chi connectivity index (χ3v) is 4.07. The highest BCUT2D eigenvalue weighted by atomic mass is 19.3. The van der Waals surface area contributed by atoms with E-state index in [1.807, 2.05) is 13.0 Å². The van der Waals surface area contributed by atoms with E-state index in [1.54, 1.807) is 43.3 Å². The molecule has 6 nitrogen and oxygen atoms in total. The number of amides is 1. The Hall–Kier alpha value is -3.60. The molecule has 2 aromatic carbocycles. The Labute approximate surface area is 180 Å². The molecule has 0 heterocycles. The number of rotatable bonds is 11. The second-order valence-corrected chi connectivity index (χ2v) is 6.18. The highest BCUT2D eigenvalue weighted by Gasteiger charge is 2.14. The predicted octanol–water partition coefficient (Wildman–Crippen LogP) is 5.05. The van der Waals surface area contributed by atoms with Gasteiger partial charge < -0.3 is 19.1 Å². The van der Waals surface area contributed by atoms with Crippen LogP contribution in [0.5, 0.6) is 17.2 Å². The zero-order valence-corrected chi connectivity index (χ0v) is 17.4. The van der Waals surface area contributed by atoms with Gasteiger partial charge in [-0.05, 0) is 61.9 Å². The normalized spacial score (nSPS) is 10.7. The smallest absolute Gasteiger partial charge is 0.387 e. The van der Waals surface area contributed by atoms with Gasteiger partial charge in [-0.2, -0.15) is 14.0 Å². The minimum atomic E-state index is -2.97. The second kappa shape index (κ2) is 12.2. The summed E-state index contributed by atoms with van der Waals surface area (Å²) in [5.74, 6) is 0.435. The molecule has 0 aliphatic carbocycles. The molecule has 31 heavy (non-hydrogen) atoms. The summed E-state index contributed by atoms with van der Waals surface area (Å²) >= 11 is 0. The van der Waals surface area contributed by atoms with Crippen molar-refractivity contribution in [1.29, 1.82) is 5.26 Å². The van der Waals surface area contributed by atoms with E-state index in [-0.39, 0.29) is 37.0 Å². The average molecular weight is 430 g/mol. The minimum Gasteiger partial charge on any atom is -0.494 e. The number of carbonyl (C=O) groups is 1. The molecule has 0 N–H and O–H groups in total. The number of ether oxygens (including phenoxy) is 3. The van der Waals surface area contributed by atoms with Crippen LogP contribution in [0.2, 0.25) is 0 Å². The third-order valence-electron chi connectivity index (χ3n) is 4.07. The fraction of sp³-hybridized carbons (Fsp3) is 0.304. The van der Waals surface area contributed by atoms with Crippen LogP contribution >= 0.6 is 0 Å². The largest absolute Gasteiger partial charge is 0.494 e. The van der Waals surface area contributed by atoms with Gasteiger partial charge >= 0.3 is 6.61 Å². The van der Waals surface area contributed by atoms with E-state index in [1.165, 1.54) is 23.1 Å². The Bertz CT molecular complexity index is 924. The van der Waals surface area contributed by atoms with Crippen molar-refractivity contribution in [2.75, 3.05) is 24.7 Å². The van der Waals surface area contributed by atoms with Crippen LogP contribution in [-0.4, -0.2) is 32.3 Å². The topological polar surface area (TPSA) is 71.8 Å². The number of carbonyl (C=O) groups excluding carboxylic acids is 1. The van der Waals surface area contributed by atoms with Crippen molar-refractivity contribution in [3.8, 4) is 23.3 Å². The van der Waals surface area contributed by atoms with Gasteiger partial charge in [0.1, 0.15) is 5.75 Å². The van der Waals surface area contributed by atoms with Crippen LogP contribution in [0.1, 0.15) is 25.8 Å².